The van der Waals surface area contributed by atoms with Crippen LogP contribution in [0.15, 0.2) is 24.3 Å². The van der Waals surface area contributed by atoms with Crippen LogP contribution in [0.4, 0.5) is 4.39 Å². The highest BCUT2D eigenvalue weighted by Gasteiger charge is 2.34. The van der Waals surface area contributed by atoms with Gasteiger partial charge in [0.15, 0.2) is 0 Å². The number of rotatable bonds is 4. The van der Waals surface area contributed by atoms with Crippen LogP contribution in [0.3, 0.4) is 0 Å². The van der Waals surface area contributed by atoms with Crippen molar-refractivity contribution in [1.82, 2.24) is 14.7 Å². The van der Waals surface area contributed by atoms with Gasteiger partial charge in [0.25, 0.3) is 0 Å². The minimum Gasteiger partial charge on any atom is -0.390 e. The van der Waals surface area contributed by atoms with E-state index >= 15 is 0 Å². The molecule has 0 unspecified atom stereocenters. The zero-order chi connectivity index (χ0) is 17.8. The van der Waals surface area contributed by atoms with Crippen molar-refractivity contribution >= 4 is 5.91 Å². The number of aliphatic hydroxyl groups excluding tert-OH is 1. The molecule has 1 amide bonds. The summed E-state index contributed by atoms with van der Waals surface area (Å²) in [6, 6.07) is 6.72. The van der Waals surface area contributed by atoms with Crippen molar-refractivity contribution in [3.63, 3.8) is 0 Å². The number of β-amino-alcohol motifs (C(OH)–C–C–N with tert-alkyl or cyclic N) is 1. The van der Waals surface area contributed by atoms with Gasteiger partial charge >= 0.3 is 0 Å². The molecule has 1 N–H and O–H groups in total. The fourth-order valence-electron chi connectivity index (χ4n) is 3.83. The number of carbonyl (C=O) groups excluding carboxylic acids is 1. The lowest BCUT2D eigenvalue weighted by atomic mass is 9.98. The molecule has 5 nitrogen and oxygen atoms in total. The number of aryl methyl sites for hydroxylation is 1. The zero-order valence-corrected chi connectivity index (χ0v) is 14.9. The molecular weight excluding hydrogens is 321 g/mol. The quantitative estimate of drug-likeness (QED) is 0.880. The van der Waals surface area contributed by atoms with Crippen LogP contribution in [0, 0.1) is 5.82 Å². The summed E-state index contributed by atoms with van der Waals surface area (Å²) in [7, 11) is 2.12. The molecule has 1 aromatic carbocycles. The zero-order valence-electron chi connectivity index (χ0n) is 14.9. The second-order valence-corrected chi connectivity index (χ2v) is 7.19. The highest BCUT2D eigenvalue weighted by molar-refractivity contribution is 5.76. The van der Waals surface area contributed by atoms with E-state index in [9.17, 15) is 14.3 Å². The summed E-state index contributed by atoms with van der Waals surface area (Å²) in [5.74, 6) is -0.261. The largest absolute Gasteiger partial charge is 0.390 e. The van der Waals surface area contributed by atoms with Crippen LogP contribution >= 0.6 is 0 Å². The van der Waals surface area contributed by atoms with Crippen molar-refractivity contribution in [2.75, 3.05) is 46.3 Å². The van der Waals surface area contributed by atoms with E-state index in [2.05, 4.69) is 16.8 Å². The second-order valence-electron chi connectivity index (χ2n) is 7.19. The number of piperazine rings is 1. The third-order valence-corrected chi connectivity index (χ3v) is 5.47. The van der Waals surface area contributed by atoms with Gasteiger partial charge in [0.2, 0.25) is 5.91 Å². The molecule has 0 radical (unpaired) electrons. The average Bonchev–Trinajstić information content (AvgIpc) is 2.61. The molecule has 25 heavy (non-hydrogen) atoms. The van der Waals surface area contributed by atoms with Gasteiger partial charge in [-0.05, 0) is 31.5 Å². The first-order valence-electron chi connectivity index (χ1n) is 9.16. The van der Waals surface area contributed by atoms with Crippen LogP contribution < -0.4 is 0 Å². The number of halogens is 1. The molecule has 2 saturated heterocycles. The Morgan fingerprint density at radius 3 is 2.60 bits per heavy atom. The van der Waals surface area contributed by atoms with Crippen LogP contribution in [-0.2, 0) is 11.2 Å². The number of likely N-dealkylation sites (tertiary alicyclic amines) is 1. The lowest BCUT2D eigenvalue weighted by molar-refractivity contribution is -0.136. The smallest absolute Gasteiger partial charge is 0.222 e. The molecule has 2 aliphatic rings. The van der Waals surface area contributed by atoms with Crippen LogP contribution in [-0.4, -0.2) is 84.2 Å². The lowest BCUT2D eigenvalue weighted by Crippen LogP contribution is -2.59. The third kappa shape index (κ3) is 4.57. The summed E-state index contributed by atoms with van der Waals surface area (Å²) < 4.78 is 13.7. The molecule has 0 aromatic heterocycles. The lowest BCUT2D eigenvalue weighted by Gasteiger charge is -2.44. The van der Waals surface area contributed by atoms with Gasteiger partial charge in [-0.3, -0.25) is 9.69 Å². The van der Waals surface area contributed by atoms with E-state index in [1.165, 1.54) is 6.07 Å². The van der Waals surface area contributed by atoms with Crippen LogP contribution in [0.1, 0.15) is 18.4 Å². The number of nitrogens with zero attached hydrogens (tertiary/aromatic N) is 3. The molecule has 2 fully saturated rings. The minimum atomic E-state index is -0.505. The van der Waals surface area contributed by atoms with Crippen LogP contribution in [0.25, 0.3) is 0 Å². The van der Waals surface area contributed by atoms with Gasteiger partial charge in [-0.1, -0.05) is 18.2 Å². The monoisotopic (exact) mass is 349 g/mol. The van der Waals surface area contributed by atoms with Crippen LogP contribution in [0.5, 0.6) is 0 Å². The number of benzene rings is 1. The first-order valence-corrected chi connectivity index (χ1v) is 9.16. The summed E-state index contributed by atoms with van der Waals surface area (Å²) in [6.07, 6.45) is 0.984. The Labute approximate surface area is 149 Å². The molecule has 0 spiro atoms. The topological polar surface area (TPSA) is 47.0 Å². The number of hydrogen-bond acceptors (Lipinski definition) is 4. The molecule has 6 heteroatoms. The maximum atomic E-state index is 13.7. The number of piperidine rings is 1. The number of carbonyl (C=O) groups is 1. The molecule has 3 rings (SSSR count). The SMILES string of the molecule is CN1CCN([C@@H]2CCN(C(=O)CCc3ccccc3F)C[C@H]2O)CC1. The van der Waals surface area contributed by atoms with E-state index in [4.69, 9.17) is 0 Å². The predicted molar refractivity (Wildman–Crippen MR) is 94.8 cm³/mol. The Morgan fingerprint density at radius 1 is 1.20 bits per heavy atom. The molecule has 2 heterocycles. The van der Waals surface area contributed by atoms with E-state index < -0.39 is 6.10 Å². The van der Waals surface area contributed by atoms with Gasteiger partial charge in [0.1, 0.15) is 5.82 Å². The first-order chi connectivity index (χ1) is 12.0. The summed E-state index contributed by atoms with van der Waals surface area (Å²) in [5, 5.41) is 10.5. The summed E-state index contributed by atoms with van der Waals surface area (Å²) in [5.41, 5.74) is 0.573. The maximum absolute atomic E-state index is 13.7. The van der Waals surface area contributed by atoms with Gasteiger partial charge in [0.05, 0.1) is 6.10 Å². The number of amides is 1. The van der Waals surface area contributed by atoms with E-state index in [1.807, 2.05) is 0 Å². The van der Waals surface area contributed by atoms with Gasteiger partial charge in [-0.15, -0.1) is 0 Å². The molecule has 138 valence electrons. The third-order valence-electron chi connectivity index (χ3n) is 5.47. The average molecular weight is 349 g/mol. The van der Waals surface area contributed by atoms with E-state index in [0.29, 0.717) is 25.1 Å². The fourth-order valence-corrected chi connectivity index (χ4v) is 3.83. The van der Waals surface area contributed by atoms with Crippen molar-refractivity contribution in [3.05, 3.63) is 35.6 Å². The maximum Gasteiger partial charge on any atom is 0.222 e. The van der Waals surface area contributed by atoms with Gasteiger partial charge < -0.3 is 14.9 Å². The minimum absolute atomic E-state index is 0.000805. The van der Waals surface area contributed by atoms with Crippen LogP contribution in [0.2, 0.25) is 0 Å². The Balaban J connectivity index is 1.48. The van der Waals surface area contributed by atoms with E-state index in [-0.39, 0.29) is 24.2 Å². The van der Waals surface area contributed by atoms with E-state index in [0.717, 1.165) is 32.6 Å². The summed E-state index contributed by atoms with van der Waals surface area (Å²) in [4.78, 5) is 18.8. The highest BCUT2D eigenvalue weighted by atomic mass is 19.1. The number of hydrogen-bond donors (Lipinski definition) is 1. The van der Waals surface area contributed by atoms with Gasteiger partial charge in [-0.2, -0.15) is 0 Å². The molecule has 2 atom stereocenters. The Bertz CT molecular complexity index is 590. The van der Waals surface area contributed by atoms with Gasteiger partial charge in [0, 0.05) is 51.7 Å². The summed E-state index contributed by atoms with van der Waals surface area (Å²) >= 11 is 0. The van der Waals surface area contributed by atoms with Gasteiger partial charge in [-0.25, -0.2) is 4.39 Å². The number of likely N-dealkylation sites (N-methyl/N-ethyl adjacent to an activating group) is 1. The second kappa shape index (κ2) is 8.25. The van der Waals surface area contributed by atoms with Crippen molar-refractivity contribution in [3.8, 4) is 0 Å². The molecule has 0 aliphatic carbocycles. The normalized spacial score (nSPS) is 26.0. The molecular formula is C19H28FN3O2. The predicted octanol–water partition coefficient (Wildman–Crippen LogP) is 0.967. The molecule has 1 aromatic rings. The fraction of sp³-hybridized carbons (Fsp3) is 0.632. The van der Waals surface area contributed by atoms with Crippen molar-refractivity contribution in [1.29, 1.82) is 0 Å². The molecule has 2 aliphatic heterocycles. The molecule has 0 saturated carbocycles. The summed E-state index contributed by atoms with van der Waals surface area (Å²) in [6.45, 7) is 5.04. The van der Waals surface area contributed by atoms with Crippen molar-refractivity contribution in [2.45, 2.75) is 31.4 Å². The van der Waals surface area contributed by atoms with Crippen molar-refractivity contribution < 1.29 is 14.3 Å². The Hall–Kier alpha value is -1.50. The highest BCUT2D eigenvalue weighted by Crippen LogP contribution is 2.20. The molecule has 0 bridgehead atoms. The number of aliphatic hydroxyl groups is 1. The first kappa shape index (κ1) is 18.3. The van der Waals surface area contributed by atoms with E-state index in [1.54, 1.807) is 23.1 Å². The standard InChI is InChI=1S/C19H28FN3O2/c1-21-10-12-22(13-11-21)17-8-9-23(14-18(17)24)19(25)7-6-15-4-2-3-5-16(15)20/h2-5,17-18,24H,6-14H2,1H3/t17-,18-/m1/s1. The Kier molecular flexibility index (Phi) is 6.04. The van der Waals surface area contributed by atoms with Crippen molar-refractivity contribution in [2.24, 2.45) is 0 Å². The Morgan fingerprint density at radius 2 is 1.92 bits per heavy atom.